The molecule has 6 unspecified atom stereocenters. The van der Waals surface area contributed by atoms with E-state index in [2.05, 4.69) is 106 Å². The molecule has 1 saturated heterocycles. The largest absolute Gasteiger partial charge is 0.479 e. The van der Waals surface area contributed by atoms with Crippen molar-refractivity contribution in [2.45, 2.75) is 237 Å². The number of unbranched alkanes of at least 4 members (excludes halogenated alkanes) is 13. The van der Waals surface area contributed by atoms with E-state index in [1.807, 2.05) is 24.3 Å². The van der Waals surface area contributed by atoms with Crippen LogP contribution in [0.1, 0.15) is 201 Å². The summed E-state index contributed by atoms with van der Waals surface area (Å²) in [5.41, 5.74) is 0. The zero-order chi connectivity index (χ0) is 54.7. The van der Waals surface area contributed by atoms with Crippen LogP contribution < -0.4 is 0 Å². The Balaban J connectivity index is 2.79. The van der Waals surface area contributed by atoms with E-state index in [4.69, 9.17) is 23.7 Å². The molecule has 0 aliphatic carbocycles. The third-order valence-corrected chi connectivity index (χ3v) is 12.1. The van der Waals surface area contributed by atoms with Gasteiger partial charge in [-0.1, -0.05) is 206 Å². The smallest absolute Gasteiger partial charge is 0.335 e. The van der Waals surface area contributed by atoms with Crippen molar-refractivity contribution in [1.82, 2.24) is 0 Å². The van der Waals surface area contributed by atoms with Crippen molar-refractivity contribution in [3.05, 3.63) is 122 Å². The van der Waals surface area contributed by atoms with Crippen LogP contribution in [0.5, 0.6) is 0 Å². The van der Waals surface area contributed by atoms with E-state index in [9.17, 15) is 34.5 Å². The van der Waals surface area contributed by atoms with E-state index in [1.165, 1.54) is 57.8 Å². The van der Waals surface area contributed by atoms with Crippen molar-refractivity contribution in [2.24, 2.45) is 0 Å². The number of esters is 3. The third kappa shape index (κ3) is 40.1. The zero-order valence-corrected chi connectivity index (χ0v) is 46.2. The van der Waals surface area contributed by atoms with Gasteiger partial charge in [0, 0.05) is 12.8 Å². The number of carboxylic acids is 1. The molecule has 0 amide bonds. The SMILES string of the molecule is CC/C=C\C/C=C\C/C=C\C/C=C\C/C=C\CC(=O)OC1C(OCC(COC(=O)CCCCCCCCC/C=C\CCCCCCCC)OC(=O)CC/C=C\C/C=C\C/C=C\C/C=C\CC)OC(C(=O)O)C(O)C1O. The molecule has 1 aliphatic heterocycles. The first-order valence-electron chi connectivity index (χ1n) is 28.5. The molecule has 6 atom stereocenters. The summed E-state index contributed by atoms with van der Waals surface area (Å²) < 4.78 is 28.1. The number of allylic oxidation sites excluding steroid dienone is 19. The Labute approximate surface area is 452 Å². The number of carbonyl (C=O) groups excluding carboxylic acids is 3. The highest BCUT2D eigenvalue weighted by molar-refractivity contribution is 5.74. The van der Waals surface area contributed by atoms with Gasteiger partial charge < -0.3 is 39.0 Å². The summed E-state index contributed by atoms with van der Waals surface area (Å²) in [6, 6.07) is 0. The summed E-state index contributed by atoms with van der Waals surface area (Å²) in [5, 5.41) is 31.4. The van der Waals surface area contributed by atoms with Crippen LogP contribution in [-0.4, -0.2) is 89.2 Å². The minimum atomic E-state index is -1.95. The van der Waals surface area contributed by atoms with Crippen molar-refractivity contribution in [3.8, 4) is 0 Å². The molecule has 0 aromatic rings. The van der Waals surface area contributed by atoms with Gasteiger partial charge in [-0.2, -0.15) is 0 Å². The van der Waals surface area contributed by atoms with Crippen LogP contribution in [0.25, 0.3) is 0 Å². The molecule has 1 aliphatic rings. The normalized spacial score (nSPS) is 19.1. The second kappa shape index (κ2) is 50.0. The van der Waals surface area contributed by atoms with Gasteiger partial charge in [0.05, 0.1) is 13.0 Å². The van der Waals surface area contributed by atoms with Crippen LogP contribution in [0, 0.1) is 0 Å². The lowest BCUT2D eigenvalue weighted by molar-refractivity contribution is -0.301. The molecule has 75 heavy (non-hydrogen) atoms. The highest BCUT2D eigenvalue weighted by atomic mass is 16.7. The lowest BCUT2D eigenvalue weighted by Gasteiger charge is -2.40. The summed E-state index contributed by atoms with van der Waals surface area (Å²) >= 11 is 0. The van der Waals surface area contributed by atoms with Crippen molar-refractivity contribution in [3.63, 3.8) is 0 Å². The van der Waals surface area contributed by atoms with Gasteiger partial charge >= 0.3 is 23.9 Å². The van der Waals surface area contributed by atoms with Gasteiger partial charge in [0.25, 0.3) is 0 Å². The second-order valence-electron chi connectivity index (χ2n) is 18.8. The summed E-state index contributed by atoms with van der Waals surface area (Å²) in [7, 11) is 0. The molecule has 1 heterocycles. The monoisotopic (exact) mass is 1050 g/mol. The maximum absolute atomic E-state index is 13.1. The fourth-order valence-electron chi connectivity index (χ4n) is 7.74. The van der Waals surface area contributed by atoms with E-state index in [1.54, 1.807) is 12.2 Å². The maximum atomic E-state index is 13.1. The van der Waals surface area contributed by atoms with Crippen LogP contribution in [-0.2, 0) is 42.9 Å². The van der Waals surface area contributed by atoms with Crippen molar-refractivity contribution in [2.75, 3.05) is 13.2 Å². The molecule has 0 aromatic heterocycles. The molecule has 422 valence electrons. The highest BCUT2D eigenvalue weighted by Crippen LogP contribution is 2.26. The number of carbonyl (C=O) groups is 4. The third-order valence-electron chi connectivity index (χ3n) is 12.1. The predicted molar refractivity (Wildman–Crippen MR) is 303 cm³/mol. The first-order chi connectivity index (χ1) is 36.6. The lowest BCUT2D eigenvalue weighted by atomic mass is 9.98. The number of rotatable bonds is 46. The Morgan fingerprint density at radius 2 is 0.907 bits per heavy atom. The lowest BCUT2D eigenvalue weighted by Crippen LogP contribution is -2.61. The van der Waals surface area contributed by atoms with Crippen LogP contribution in [0.2, 0.25) is 0 Å². The van der Waals surface area contributed by atoms with Crippen LogP contribution in [0.15, 0.2) is 122 Å². The number of aliphatic hydroxyl groups excluding tert-OH is 2. The average molecular weight is 1050 g/mol. The Hall–Kier alpha value is -4.88. The molecule has 0 spiro atoms. The van der Waals surface area contributed by atoms with E-state index in [-0.39, 0.29) is 25.9 Å². The summed E-state index contributed by atoms with van der Waals surface area (Å²) in [5.74, 6) is -3.42. The van der Waals surface area contributed by atoms with Crippen LogP contribution in [0.4, 0.5) is 0 Å². The predicted octanol–water partition coefficient (Wildman–Crippen LogP) is 14.4. The molecule has 0 aromatic carbocycles. The van der Waals surface area contributed by atoms with Crippen molar-refractivity contribution in [1.29, 1.82) is 0 Å². The number of aliphatic hydroxyl groups is 2. The van der Waals surface area contributed by atoms with Gasteiger partial charge in [0.15, 0.2) is 24.6 Å². The highest BCUT2D eigenvalue weighted by Gasteiger charge is 2.50. The molecular formula is C63H98O12. The van der Waals surface area contributed by atoms with Gasteiger partial charge in [0.2, 0.25) is 0 Å². The van der Waals surface area contributed by atoms with E-state index >= 15 is 0 Å². The molecule has 3 N–H and O–H groups in total. The molecule has 0 radical (unpaired) electrons. The fourth-order valence-corrected chi connectivity index (χ4v) is 7.74. The number of ether oxygens (including phenoxy) is 5. The average Bonchev–Trinajstić information content (AvgIpc) is 3.39. The number of carboxylic acid groups (broad SMARTS) is 1. The van der Waals surface area contributed by atoms with Crippen molar-refractivity contribution < 1.29 is 58.2 Å². The van der Waals surface area contributed by atoms with Crippen LogP contribution >= 0.6 is 0 Å². The van der Waals surface area contributed by atoms with Gasteiger partial charge in [-0.15, -0.1) is 0 Å². The first kappa shape index (κ1) is 68.1. The Morgan fingerprint density at radius 3 is 1.40 bits per heavy atom. The van der Waals surface area contributed by atoms with Gasteiger partial charge in [-0.25, -0.2) is 4.79 Å². The fraction of sp³-hybridized carbons (Fsp3) is 0.619. The number of hydrogen-bond acceptors (Lipinski definition) is 11. The number of aliphatic carboxylic acids is 1. The number of hydrogen-bond donors (Lipinski definition) is 3. The van der Waals surface area contributed by atoms with E-state index in [0.717, 1.165) is 77.0 Å². The van der Waals surface area contributed by atoms with E-state index in [0.29, 0.717) is 25.7 Å². The Morgan fingerprint density at radius 1 is 0.467 bits per heavy atom. The minimum Gasteiger partial charge on any atom is -0.479 e. The summed E-state index contributed by atoms with van der Waals surface area (Å²) in [4.78, 5) is 50.9. The minimum absolute atomic E-state index is 0.0244. The molecule has 12 heteroatoms. The Kier molecular flexibility index (Phi) is 45.4. The van der Waals surface area contributed by atoms with Gasteiger partial charge in [-0.05, 0) is 96.3 Å². The topological polar surface area (TPSA) is 175 Å². The molecule has 12 nitrogen and oxygen atoms in total. The van der Waals surface area contributed by atoms with E-state index < -0.39 is 67.3 Å². The molecule has 1 rings (SSSR count). The molecule has 0 bridgehead atoms. The standard InChI is InChI=1S/C63H98O12/c1-4-7-10-13-16-19-22-25-27-28-30-32-34-37-40-43-46-49-55(64)71-52-54(73-56(65)50-47-44-41-38-35-31-24-21-18-15-12-9-6-3)53-72-63-61(59(68)58(67)60(75-63)62(69)70)74-57(66)51-48-45-42-39-36-33-29-26-23-20-17-14-11-8-5-2/h8-9,11-12,17-18,20-21,25-27,29,31,35-36,39,41,44-45,48,54,58-61,63,67-68H,4-7,10,13-16,19,22-24,28,30,32-34,37-38,40,42-43,46-47,49-53H2,1-3H3,(H,69,70)/b11-8-,12-9-,20-17-,21-18-,27-25-,29-26-,35-31-,39-36-,44-41-,48-45-. The quantitative estimate of drug-likeness (QED) is 0.0228. The first-order valence-corrected chi connectivity index (χ1v) is 28.5. The Bertz CT molecular complexity index is 1770. The van der Waals surface area contributed by atoms with Gasteiger partial charge in [0.1, 0.15) is 18.8 Å². The molecule has 0 saturated carbocycles. The molecule has 1 fully saturated rings. The summed E-state index contributed by atoms with van der Waals surface area (Å²) in [6.45, 7) is 5.63. The zero-order valence-electron chi connectivity index (χ0n) is 46.2. The second-order valence-corrected chi connectivity index (χ2v) is 18.8. The van der Waals surface area contributed by atoms with Crippen molar-refractivity contribution >= 4 is 23.9 Å². The maximum Gasteiger partial charge on any atom is 0.335 e. The van der Waals surface area contributed by atoms with Gasteiger partial charge in [-0.3, -0.25) is 14.4 Å². The van der Waals surface area contributed by atoms with Crippen LogP contribution in [0.3, 0.4) is 0 Å². The molecular weight excluding hydrogens is 949 g/mol. The summed E-state index contributed by atoms with van der Waals surface area (Å²) in [6.07, 6.45) is 56.5.